The average molecular weight is 463 g/mol. The molecule has 4 rings (SSSR count). The smallest absolute Gasteiger partial charge is 0.452 e. The lowest BCUT2D eigenvalue weighted by molar-refractivity contribution is -0.146. The van der Waals surface area contributed by atoms with Crippen molar-refractivity contribution in [3.8, 4) is 17.5 Å². The normalized spacial score (nSPS) is 17.8. The van der Waals surface area contributed by atoms with Crippen LogP contribution in [0.3, 0.4) is 0 Å². The van der Waals surface area contributed by atoms with E-state index < -0.39 is 24.2 Å². The van der Waals surface area contributed by atoms with Crippen LogP contribution in [-0.2, 0) is 10.9 Å². The Hall–Kier alpha value is -3.09. The van der Waals surface area contributed by atoms with Gasteiger partial charge in [0, 0.05) is 17.0 Å². The van der Waals surface area contributed by atoms with Crippen LogP contribution in [0.15, 0.2) is 36.4 Å². The van der Waals surface area contributed by atoms with Gasteiger partial charge >= 0.3 is 6.18 Å². The fraction of sp³-hybridized carbons (Fsp3) is 0.318. The molecule has 0 spiro atoms. The molecule has 2 aromatic carbocycles. The number of aromatic nitrogens is 3. The van der Waals surface area contributed by atoms with Gasteiger partial charge in [0.15, 0.2) is 5.82 Å². The highest BCUT2D eigenvalue weighted by Gasteiger charge is 2.43. The molecular weight excluding hydrogens is 445 g/mol. The number of alkyl halides is 3. The predicted octanol–water partition coefficient (Wildman–Crippen LogP) is 5.72. The van der Waals surface area contributed by atoms with Gasteiger partial charge in [-0.3, -0.25) is 4.57 Å². The lowest BCUT2D eigenvalue weighted by atomic mass is 9.95. The summed E-state index contributed by atoms with van der Waals surface area (Å²) in [6, 6.07) is 12.0. The van der Waals surface area contributed by atoms with Gasteiger partial charge in [0.2, 0.25) is 5.82 Å². The van der Waals surface area contributed by atoms with Gasteiger partial charge in [-0.15, -0.1) is 10.2 Å². The summed E-state index contributed by atoms with van der Waals surface area (Å²) in [6.45, 7) is 1.85. The van der Waals surface area contributed by atoms with Crippen molar-refractivity contribution in [2.24, 2.45) is 0 Å². The Labute approximate surface area is 187 Å². The van der Waals surface area contributed by atoms with E-state index in [1.807, 2.05) is 19.1 Å². The molecule has 1 aromatic heterocycles. The third-order valence-corrected chi connectivity index (χ3v) is 5.62. The van der Waals surface area contributed by atoms with Crippen LogP contribution >= 0.6 is 11.6 Å². The van der Waals surface area contributed by atoms with Crippen LogP contribution in [0.25, 0.3) is 5.69 Å². The molecule has 0 aliphatic carbocycles. The molecular formula is C22H18ClF3N4O2. The van der Waals surface area contributed by atoms with E-state index in [9.17, 15) is 13.2 Å². The zero-order chi connectivity index (χ0) is 23.0. The predicted molar refractivity (Wildman–Crippen MR) is 110 cm³/mol. The van der Waals surface area contributed by atoms with Crippen LogP contribution in [0.2, 0.25) is 5.02 Å². The van der Waals surface area contributed by atoms with E-state index in [1.54, 1.807) is 18.2 Å². The third kappa shape index (κ3) is 3.80. The molecule has 0 bridgehead atoms. The van der Waals surface area contributed by atoms with Gasteiger partial charge in [-0.05, 0) is 48.7 Å². The summed E-state index contributed by atoms with van der Waals surface area (Å²) in [5.74, 6) is -0.563. The van der Waals surface area contributed by atoms with Crippen molar-refractivity contribution >= 4 is 11.6 Å². The summed E-state index contributed by atoms with van der Waals surface area (Å²) in [5, 5.41) is 16.7. The standard InChI is InChI=1S/C22H18ClF3N4O2/c1-12-14(5-3-6-17(12)31-2)19-15-11-13(23)8-9-16(15)30-20(18(32-19)7-4-10-27)28-29-21(30)22(24,25)26/h3,5-6,8-9,11,18-19H,4,7H2,1-2H3/t18-,19-/m1/s1. The van der Waals surface area contributed by atoms with Crippen LogP contribution in [0, 0.1) is 18.3 Å². The molecule has 0 saturated carbocycles. The molecule has 166 valence electrons. The summed E-state index contributed by atoms with van der Waals surface area (Å²) in [6.07, 6.45) is -6.20. The van der Waals surface area contributed by atoms with Crippen molar-refractivity contribution in [2.75, 3.05) is 7.11 Å². The average Bonchev–Trinajstić information content (AvgIpc) is 3.15. The molecule has 10 heteroatoms. The zero-order valence-electron chi connectivity index (χ0n) is 17.2. The number of ether oxygens (including phenoxy) is 2. The lowest BCUT2D eigenvalue weighted by Crippen LogP contribution is -2.16. The molecule has 0 saturated heterocycles. The first kappa shape index (κ1) is 22.1. The number of benzene rings is 2. The molecule has 0 unspecified atom stereocenters. The Kier molecular flexibility index (Phi) is 5.84. The van der Waals surface area contributed by atoms with Crippen molar-refractivity contribution < 1.29 is 22.6 Å². The second-order valence-corrected chi connectivity index (χ2v) is 7.73. The molecule has 0 amide bonds. The summed E-state index contributed by atoms with van der Waals surface area (Å²) in [4.78, 5) is 0. The van der Waals surface area contributed by atoms with Gasteiger partial charge in [0.05, 0.1) is 18.9 Å². The zero-order valence-corrected chi connectivity index (χ0v) is 17.9. The van der Waals surface area contributed by atoms with E-state index in [0.717, 1.165) is 10.1 Å². The van der Waals surface area contributed by atoms with E-state index in [1.165, 1.54) is 19.2 Å². The fourth-order valence-electron chi connectivity index (χ4n) is 3.93. The van der Waals surface area contributed by atoms with Gasteiger partial charge in [-0.2, -0.15) is 18.4 Å². The van der Waals surface area contributed by atoms with E-state index >= 15 is 0 Å². The van der Waals surface area contributed by atoms with E-state index in [0.29, 0.717) is 21.9 Å². The lowest BCUT2D eigenvalue weighted by Gasteiger charge is -2.24. The highest BCUT2D eigenvalue weighted by molar-refractivity contribution is 6.30. The van der Waals surface area contributed by atoms with Gasteiger partial charge in [-0.25, -0.2) is 0 Å². The summed E-state index contributed by atoms with van der Waals surface area (Å²) in [7, 11) is 1.54. The van der Waals surface area contributed by atoms with Gasteiger partial charge in [0.25, 0.3) is 0 Å². The summed E-state index contributed by atoms with van der Waals surface area (Å²) < 4.78 is 54.2. The Morgan fingerprint density at radius 3 is 2.69 bits per heavy atom. The molecule has 0 N–H and O–H groups in total. The Balaban J connectivity index is 2.01. The van der Waals surface area contributed by atoms with Gasteiger partial charge in [-0.1, -0.05) is 23.7 Å². The molecule has 2 atom stereocenters. The summed E-state index contributed by atoms with van der Waals surface area (Å²) in [5.41, 5.74) is 2.13. The number of hydrogen-bond donors (Lipinski definition) is 0. The molecule has 1 aliphatic heterocycles. The van der Waals surface area contributed by atoms with Crippen molar-refractivity contribution in [3.05, 3.63) is 69.8 Å². The van der Waals surface area contributed by atoms with E-state index in [-0.39, 0.29) is 24.4 Å². The number of nitrogens with zero attached hydrogens (tertiary/aromatic N) is 4. The molecule has 6 nitrogen and oxygen atoms in total. The molecule has 3 aromatic rings. The highest BCUT2D eigenvalue weighted by Crippen LogP contribution is 2.45. The maximum Gasteiger partial charge on any atom is 0.452 e. The van der Waals surface area contributed by atoms with Gasteiger partial charge < -0.3 is 9.47 Å². The minimum absolute atomic E-state index is 0.0146. The van der Waals surface area contributed by atoms with Crippen LogP contribution in [0.4, 0.5) is 13.2 Å². The topological polar surface area (TPSA) is 73.0 Å². The second kappa shape index (κ2) is 8.45. The Morgan fingerprint density at radius 1 is 1.22 bits per heavy atom. The number of hydrogen-bond acceptors (Lipinski definition) is 5. The first-order valence-corrected chi connectivity index (χ1v) is 10.1. The molecule has 2 heterocycles. The molecule has 0 fully saturated rings. The van der Waals surface area contributed by atoms with E-state index in [4.69, 9.17) is 26.3 Å². The number of rotatable bonds is 4. The largest absolute Gasteiger partial charge is 0.496 e. The summed E-state index contributed by atoms with van der Waals surface area (Å²) >= 11 is 6.25. The van der Waals surface area contributed by atoms with Crippen molar-refractivity contribution in [2.45, 2.75) is 38.1 Å². The van der Waals surface area contributed by atoms with Crippen LogP contribution in [-0.4, -0.2) is 21.9 Å². The second-order valence-electron chi connectivity index (χ2n) is 7.29. The third-order valence-electron chi connectivity index (χ3n) is 5.39. The number of fused-ring (bicyclic) bond motifs is 3. The van der Waals surface area contributed by atoms with E-state index in [2.05, 4.69) is 10.2 Å². The monoisotopic (exact) mass is 462 g/mol. The van der Waals surface area contributed by atoms with Crippen LogP contribution in [0.1, 0.15) is 53.4 Å². The SMILES string of the molecule is COc1cccc([C@H]2O[C@H](CCC#N)c3nnc(C(F)(F)F)n3-c3ccc(Cl)cc32)c1C. The van der Waals surface area contributed by atoms with Gasteiger partial charge in [0.1, 0.15) is 18.0 Å². The minimum atomic E-state index is -4.74. The molecule has 1 aliphatic rings. The van der Waals surface area contributed by atoms with Crippen molar-refractivity contribution in [3.63, 3.8) is 0 Å². The number of methoxy groups -OCH3 is 1. The fourth-order valence-corrected chi connectivity index (χ4v) is 4.11. The number of halogens is 4. The minimum Gasteiger partial charge on any atom is -0.496 e. The van der Waals surface area contributed by atoms with Crippen molar-refractivity contribution in [1.82, 2.24) is 14.8 Å². The molecule has 32 heavy (non-hydrogen) atoms. The first-order chi connectivity index (χ1) is 15.3. The van der Waals surface area contributed by atoms with Crippen LogP contribution in [0.5, 0.6) is 5.75 Å². The quantitative estimate of drug-likeness (QED) is 0.495. The first-order valence-electron chi connectivity index (χ1n) is 9.74. The highest BCUT2D eigenvalue weighted by atomic mass is 35.5. The number of nitriles is 1. The maximum absolute atomic E-state index is 13.8. The Morgan fingerprint density at radius 2 is 2.00 bits per heavy atom. The Bertz CT molecular complexity index is 1200. The molecule has 0 radical (unpaired) electrons. The maximum atomic E-state index is 13.8. The van der Waals surface area contributed by atoms with Crippen molar-refractivity contribution in [1.29, 1.82) is 5.26 Å². The van der Waals surface area contributed by atoms with Crippen LogP contribution < -0.4 is 4.74 Å².